The third-order valence-corrected chi connectivity index (χ3v) is 6.07. The lowest BCUT2D eigenvalue weighted by molar-refractivity contribution is 0.102. The first kappa shape index (κ1) is 20.0. The fourth-order valence-electron chi connectivity index (χ4n) is 2.47. The Hall–Kier alpha value is -2.71. The van der Waals surface area contributed by atoms with E-state index < -0.39 is 10.0 Å². The second-order valence-corrected chi connectivity index (χ2v) is 8.87. The lowest BCUT2D eigenvalue weighted by Gasteiger charge is -2.10. The molecule has 3 rings (SSSR count). The van der Waals surface area contributed by atoms with Gasteiger partial charge in [0.25, 0.3) is 15.9 Å². The molecule has 0 atom stereocenters. The number of nitrogens with one attached hydrogen (secondary N) is 2. The van der Waals surface area contributed by atoms with Crippen molar-refractivity contribution in [3.05, 3.63) is 82.1 Å². The Balaban J connectivity index is 1.78. The van der Waals surface area contributed by atoms with Crippen molar-refractivity contribution in [2.45, 2.75) is 18.7 Å². The standard InChI is InChI=1S/C20H18BrN3O3S/c1-13-3-6-17(9-14(13)2)23-20(25)15-10-18(12-22-11-15)24-28(26,27)19-7-4-16(21)5-8-19/h3-12,24H,1-2H3,(H,23,25). The molecule has 0 saturated carbocycles. The van der Waals surface area contributed by atoms with Gasteiger partial charge in [-0.15, -0.1) is 0 Å². The van der Waals surface area contributed by atoms with Crippen molar-refractivity contribution in [3.63, 3.8) is 0 Å². The zero-order valence-corrected chi connectivity index (χ0v) is 17.6. The van der Waals surface area contributed by atoms with Crippen LogP contribution in [0, 0.1) is 13.8 Å². The van der Waals surface area contributed by atoms with Gasteiger partial charge < -0.3 is 5.32 Å². The van der Waals surface area contributed by atoms with E-state index in [1.54, 1.807) is 12.1 Å². The third kappa shape index (κ3) is 4.76. The smallest absolute Gasteiger partial charge is 0.261 e. The van der Waals surface area contributed by atoms with Gasteiger partial charge in [-0.2, -0.15) is 0 Å². The van der Waals surface area contributed by atoms with E-state index in [-0.39, 0.29) is 22.1 Å². The van der Waals surface area contributed by atoms with Gasteiger partial charge in [-0.05, 0) is 67.4 Å². The molecule has 28 heavy (non-hydrogen) atoms. The molecule has 3 aromatic rings. The second-order valence-electron chi connectivity index (χ2n) is 6.27. The van der Waals surface area contributed by atoms with Crippen LogP contribution < -0.4 is 10.0 Å². The predicted octanol–water partition coefficient (Wildman–Crippen LogP) is 4.51. The van der Waals surface area contributed by atoms with Crippen LogP contribution >= 0.6 is 15.9 Å². The molecule has 0 unspecified atom stereocenters. The van der Waals surface area contributed by atoms with Crippen molar-refractivity contribution < 1.29 is 13.2 Å². The van der Waals surface area contributed by atoms with Crippen LogP contribution in [0.1, 0.15) is 21.5 Å². The minimum Gasteiger partial charge on any atom is -0.322 e. The summed E-state index contributed by atoms with van der Waals surface area (Å²) in [5.41, 5.74) is 3.30. The summed E-state index contributed by atoms with van der Waals surface area (Å²) in [6.07, 6.45) is 2.73. The molecule has 0 aliphatic heterocycles. The quantitative estimate of drug-likeness (QED) is 0.587. The molecule has 0 radical (unpaired) electrons. The lowest BCUT2D eigenvalue weighted by atomic mass is 10.1. The average Bonchev–Trinajstić information content (AvgIpc) is 2.65. The van der Waals surface area contributed by atoms with E-state index in [1.807, 2.05) is 32.0 Å². The third-order valence-electron chi connectivity index (χ3n) is 4.14. The first-order valence-corrected chi connectivity index (χ1v) is 10.6. The molecule has 0 aliphatic carbocycles. The maximum atomic E-state index is 12.5. The highest BCUT2D eigenvalue weighted by molar-refractivity contribution is 9.10. The summed E-state index contributed by atoms with van der Waals surface area (Å²) in [7, 11) is -3.78. The van der Waals surface area contributed by atoms with Crippen LogP contribution in [0.25, 0.3) is 0 Å². The van der Waals surface area contributed by atoms with Crippen LogP contribution in [0.15, 0.2) is 70.3 Å². The Kier molecular flexibility index (Phi) is 5.81. The summed E-state index contributed by atoms with van der Waals surface area (Å²) in [5, 5.41) is 2.79. The molecular formula is C20H18BrN3O3S. The molecule has 144 valence electrons. The molecule has 1 amide bonds. The van der Waals surface area contributed by atoms with E-state index in [0.717, 1.165) is 15.6 Å². The number of pyridine rings is 1. The number of amides is 1. The van der Waals surface area contributed by atoms with Gasteiger partial charge in [0.15, 0.2) is 0 Å². The number of hydrogen-bond acceptors (Lipinski definition) is 4. The van der Waals surface area contributed by atoms with Crippen molar-refractivity contribution in [1.29, 1.82) is 0 Å². The van der Waals surface area contributed by atoms with Gasteiger partial charge in [-0.3, -0.25) is 14.5 Å². The van der Waals surface area contributed by atoms with Gasteiger partial charge in [0.1, 0.15) is 0 Å². The van der Waals surface area contributed by atoms with Gasteiger partial charge >= 0.3 is 0 Å². The number of anilines is 2. The van der Waals surface area contributed by atoms with Crippen molar-refractivity contribution in [3.8, 4) is 0 Å². The molecule has 8 heteroatoms. The SMILES string of the molecule is Cc1ccc(NC(=O)c2cncc(NS(=O)(=O)c3ccc(Br)cc3)c2)cc1C. The average molecular weight is 460 g/mol. The highest BCUT2D eigenvalue weighted by Gasteiger charge is 2.15. The molecule has 2 aromatic carbocycles. The summed E-state index contributed by atoms with van der Waals surface area (Å²) in [6, 6.07) is 13.3. The highest BCUT2D eigenvalue weighted by Crippen LogP contribution is 2.20. The summed E-state index contributed by atoms with van der Waals surface area (Å²) in [4.78, 5) is 16.6. The van der Waals surface area contributed by atoms with E-state index in [1.165, 1.54) is 30.6 Å². The molecule has 0 fully saturated rings. The molecule has 0 spiro atoms. The largest absolute Gasteiger partial charge is 0.322 e. The first-order valence-electron chi connectivity index (χ1n) is 8.37. The van der Waals surface area contributed by atoms with Crippen molar-refractivity contribution >= 4 is 43.2 Å². The van der Waals surface area contributed by atoms with Gasteiger partial charge in [-0.1, -0.05) is 22.0 Å². The van der Waals surface area contributed by atoms with Gasteiger partial charge in [-0.25, -0.2) is 8.42 Å². The molecule has 1 heterocycles. The summed E-state index contributed by atoms with van der Waals surface area (Å²) in [5.74, 6) is -0.375. The number of carbonyl (C=O) groups excluding carboxylic acids is 1. The fourth-order valence-corrected chi connectivity index (χ4v) is 3.77. The fraction of sp³-hybridized carbons (Fsp3) is 0.100. The number of carbonyl (C=O) groups is 1. The minimum absolute atomic E-state index is 0.112. The Morgan fingerprint density at radius 1 is 0.929 bits per heavy atom. The number of aryl methyl sites for hydroxylation is 2. The van der Waals surface area contributed by atoms with Crippen LogP contribution in [0.4, 0.5) is 11.4 Å². The van der Waals surface area contributed by atoms with Crippen LogP contribution in [-0.4, -0.2) is 19.3 Å². The molecule has 1 aromatic heterocycles. The van der Waals surface area contributed by atoms with E-state index in [0.29, 0.717) is 5.69 Å². The number of sulfonamides is 1. The second kappa shape index (κ2) is 8.12. The van der Waals surface area contributed by atoms with E-state index in [4.69, 9.17) is 0 Å². The van der Waals surface area contributed by atoms with Crippen LogP contribution in [-0.2, 0) is 10.0 Å². The Morgan fingerprint density at radius 3 is 2.32 bits per heavy atom. The Labute approximate surface area is 172 Å². The van der Waals surface area contributed by atoms with E-state index in [9.17, 15) is 13.2 Å². The van der Waals surface area contributed by atoms with Gasteiger partial charge in [0, 0.05) is 16.4 Å². The van der Waals surface area contributed by atoms with Crippen molar-refractivity contribution in [2.75, 3.05) is 10.0 Å². The molecule has 0 aliphatic rings. The van der Waals surface area contributed by atoms with Crippen LogP contribution in [0.5, 0.6) is 0 Å². The number of benzene rings is 2. The zero-order valence-electron chi connectivity index (χ0n) is 15.2. The topological polar surface area (TPSA) is 88.2 Å². The normalized spacial score (nSPS) is 11.1. The number of rotatable bonds is 5. The maximum Gasteiger partial charge on any atom is 0.261 e. The van der Waals surface area contributed by atoms with E-state index >= 15 is 0 Å². The van der Waals surface area contributed by atoms with Crippen molar-refractivity contribution in [2.24, 2.45) is 0 Å². The Morgan fingerprint density at radius 2 is 1.64 bits per heavy atom. The molecule has 6 nitrogen and oxygen atoms in total. The summed E-state index contributed by atoms with van der Waals surface area (Å²) in [6.45, 7) is 3.95. The monoisotopic (exact) mass is 459 g/mol. The maximum absolute atomic E-state index is 12.5. The minimum atomic E-state index is -3.78. The summed E-state index contributed by atoms with van der Waals surface area (Å²) < 4.78 is 28.2. The number of halogens is 1. The summed E-state index contributed by atoms with van der Waals surface area (Å²) >= 11 is 3.27. The molecule has 0 bridgehead atoms. The number of hydrogen-bond donors (Lipinski definition) is 2. The predicted molar refractivity (Wildman–Crippen MR) is 113 cm³/mol. The highest BCUT2D eigenvalue weighted by atomic mass is 79.9. The van der Waals surface area contributed by atoms with Crippen molar-refractivity contribution in [1.82, 2.24) is 4.98 Å². The van der Waals surface area contributed by atoms with Crippen LogP contribution in [0.2, 0.25) is 0 Å². The van der Waals surface area contributed by atoms with E-state index in [2.05, 4.69) is 31.0 Å². The Bertz CT molecular complexity index is 1130. The first-order chi connectivity index (χ1) is 13.2. The van der Waals surface area contributed by atoms with Crippen LogP contribution in [0.3, 0.4) is 0 Å². The zero-order chi connectivity index (χ0) is 20.3. The molecule has 0 saturated heterocycles. The number of nitrogens with zero attached hydrogens (tertiary/aromatic N) is 1. The molecule has 2 N–H and O–H groups in total. The molecular weight excluding hydrogens is 442 g/mol. The number of aromatic nitrogens is 1. The van der Waals surface area contributed by atoms with Gasteiger partial charge in [0.2, 0.25) is 0 Å². The lowest BCUT2D eigenvalue weighted by Crippen LogP contribution is -2.15. The van der Waals surface area contributed by atoms with Gasteiger partial charge in [0.05, 0.1) is 22.3 Å².